The number of rotatable bonds is 11. The number of nitrogens with zero attached hydrogens (tertiary/aromatic N) is 3. The van der Waals surface area contributed by atoms with Crippen LogP contribution in [0.1, 0.15) is 23.0 Å². The standard InChI is InChI=1S/C18H24N7O13P3/c1-20-10-5-3-2-4-9(10)17(27)37-11-6-13(25-8-21-14-15(25)22-18(19)23-16(14)26)36-12(11)7-35-41(33,34)38-40(31,32)24-39(28,29)30/h2-5,8,11-13,20H,6-7H2,1H3,(H,33,34)(H3,19,22,23,26)(H4,24,28,29,30,31,32). The van der Waals surface area contributed by atoms with Crippen LogP contribution in [0.15, 0.2) is 35.4 Å². The first-order valence-electron chi connectivity index (χ1n) is 11.3. The maximum absolute atomic E-state index is 13.0. The predicted octanol–water partition coefficient (Wildman–Crippen LogP) is 0.173. The molecule has 0 saturated carbocycles. The molecule has 5 atom stereocenters. The smallest absolute Gasteiger partial charge is 0.456 e. The molecule has 1 aliphatic rings. The number of fused-ring (bicyclic) bond motifs is 1. The number of anilines is 2. The van der Waals surface area contributed by atoms with Gasteiger partial charge in [0, 0.05) is 19.2 Å². The summed E-state index contributed by atoms with van der Waals surface area (Å²) in [5, 5.41) is 2.84. The van der Waals surface area contributed by atoms with Crippen molar-refractivity contribution in [2.75, 3.05) is 24.7 Å². The number of hydrogen-bond acceptors (Lipinski definition) is 13. The molecule has 0 amide bonds. The fourth-order valence-electron chi connectivity index (χ4n) is 3.89. The molecule has 41 heavy (non-hydrogen) atoms. The third kappa shape index (κ3) is 7.65. The minimum absolute atomic E-state index is 0.0179. The lowest BCUT2D eigenvalue weighted by molar-refractivity contribution is -0.0488. The van der Waals surface area contributed by atoms with E-state index in [1.165, 1.54) is 17.0 Å². The summed E-state index contributed by atoms with van der Waals surface area (Å²) < 4.78 is 56.6. The minimum atomic E-state index is -5.52. The van der Waals surface area contributed by atoms with Gasteiger partial charge in [-0.15, -0.1) is 4.86 Å². The number of carbonyl (C=O) groups excluding carboxylic acids is 1. The van der Waals surface area contributed by atoms with Gasteiger partial charge in [-0.1, -0.05) is 12.1 Å². The molecule has 9 N–H and O–H groups in total. The molecule has 0 aliphatic carbocycles. The number of phosphoric acid groups is 1. The van der Waals surface area contributed by atoms with Gasteiger partial charge in [-0.2, -0.15) is 9.29 Å². The number of nitrogens with one attached hydrogen (secondary N) is 3. The third-order valence-corrected chi connectivity index (χ3v) is 9.73. The first-order chi connectivity index (χ1) is 19.1. The topological polar surface area (TPSA) is 300 Å². The number of aromatic amines is 1. The van der Waals surface area contributed by atoms with E-state index in [9.17, 15) is 33.1 Å². The van der Waals surface area contributed by atoms with E-state index in [1.54, 1.807) is 25.2 Å². The van der Waals surface area contributed by atoms with Gasteiger partial charge in [-0.05, 0) is 12.1 Å². The fourth-order valence-corrected chi connectivity index (χ4v) is 7.33. The highest BCUT2D eigenvalue weighted by molar-refractivity contribution is 7.70. The summed E-state index contributed by atoms with van der Waals surface area (Å²) >= 11 is 0. The average Bonchev–Trinajstić information content (AvgIpc) is 3.44. The zero-order valence-electron chi connectivity index (χ0n) is 20.8. The second-order valence-electron chi connectivity index (χ2n) is 8.39. The van der Waals surface area contributed by atoms with Crippen LogP contribution >= 0.6 is 23.3 Å². The van der Waals surface area contributed by atoms with Gasteiger partial charge in [-0.25, -0.2) is 23.5 Å². The fraction of sp³-hybridized carbons (Fsp3) is 0.333. The predicted molar refractivity (Wildman–Crippen MR) is 138 cm³/mol. The van der Waals surface area contributed by atoms with Crippen molar-refractivity contribution in [2.24, 2.45) is 0 Å². The van der Waals surface area contributed by atoms with Gasteiger partial charge in [0.15, 0.2) is 11.2 Å². The van der Waals surface area contributed by atoms with Crippen LogP contribution in [0.2, 0.25) is 0 Å². The number of ether oxygens (including phenoxy) is 2. The van der Waals surface area contributed by atoms with Crippen LogP contribution in [-0.4, -0.2) is 70.9 Å². The Kier molecular flexibility index (Phi) is 8.84. The third-order valence-electron chi connectivity index (χ3n) is 5.49. The maximum atomic E-state index is 13.0. The Morgan fingerprint density at radius 2 is 1.95 bits per heavy atom. The molecule has 224 valence electrons. The molecule has 1 aliphatic heterocycles. The van der Waals surface area contributed by atoms with E-state index in [0.717, 1.165) is 4.86 Å². The molecule has 20 nitrogen and oxygen atoms in total. The number of nitrogens with two attached hydrogens (primary N) is 1. The first kappa shape index (κ1) is 31.0. The summed E-state index contributed by atoms with van der Waals surface area (Å²) in [7, 11) is -14.7. The molecule has 5 unspecified atom stereocenters. The lowest BCUT2D eigenvalue weighted by Gasteiger charge is -2.22. The molecule has 1 saturated heterocycles. The molecule has 2 aromatic heterocycles. The Hall–Kier alpha value is -2.99. The Balaban J connectivity index is 1.58. The zero-order valence-corrected chi connectivity index (χ0v) is 23.4. The van der Waals surface area contributed by atoms with Crippen LogP contribution < -0.4 is 21.5 Å². The molecule has 0 radical (unpaired) electrons. The van der Waals surface area contributed by atoms with Gasteiger partial charge in [0.05, 0.1) is 18.5 Å². The van der Waals surface area contributed by atoms with Crippen LogP contribution in [0.25, 0.3) is 11.2 Å². The summed E-state index contributed by atoms with van der Waals surface area (Å²) in [4.78, 5) is 73.4. The monoisotopic (exact) mass is 639 g/mol. The summed E-state index contributed by atoms with van der Waals surface area (Å²) in [6, 6.07) is 6.38. The quantitative estimate of drug-likeness (QED) is 0.102. The second-order valence-corrected chi connectivity index (χ2v) is 13.2. The van der Waals surface area contributed by atoms with Crippen molar-refractivity contribution < 1.29 is 56.4 Å². The Bertz CT molecular complexity index is 1660. The minimum Gasteiger partial charge on any atom is -0.456 e. The Morgan fingerprint density at radius 1 is 1.24 bits per heavy atom. The van der Waals surface area contributed by atoms with Crippen LogP contribution in [0.3, 0.4) is 0 Å². The van der Waals surface area contributed by atoms with E-state index in [1.807, 2.05) is 0 Å². The van der Waals surface area contributed by atoms with Gasteiger partial charge in [0.25, 0.3) is 5.56 Å². The summed E-state index contributed by atoms with van der Waals surface area (Å²) in [6.07, 6.45) is -2.43. The van der Waals surface area contributed by atoms with Gasteiger partial charge in [0.1, 0.15) is 18.4 Å². The lowest BCUT2D eigenvalue weighted by Crippen LogP contribution is -2.31. The summed E-state index contributed by atoms with van der Waals surface area (Å²) in [5.41, 5.74) is 5.52. The van der Waals surface area contributed by atoms with Gasteiger partial charge in [-0.3, -0.25) is 18.9 Å². The van der Waals surface area contributed by atoms with Crippen LogP contribution in [0, 0.1) is 0 Å². The highest BCUT2D eigenvalue weighted by Gasteiger charge is 2.44. The Morgan fingerprint density at radius 3 is 2.63 bits per heavy atom. The van der Waals surface area contributed by atoms with Crippen molar-refractivity contribution in [3.63, 3.8) is 0 Å². The van der Waals surface area contributed by atoms with Crippen molar-refractivity contribution in [2.45, 2.75) is 24.9 Å². The summed E-state index contributed by atoms with van der Waals surface area (Å²) in [6.45, 7) is -0.880. The van der Waals surface area contributed by atoms with Gasteiger partial charge >= 0.3 is 29.3 Å². The molecule has 3 aromatic rings. The van der Waals surface area contributed by atoms with E-state index < -0.39 is 59.9 Å². The molecule has 23 heteroatoms. The number of imidazole rings is 1. The van der Waals surface area contributed by atoms with E-state index in [-0.39, 0.29) is 29.1 Å². The maximum Gasteiger partial charge on any atom is 0.480 e. The van der Waals surface area contributed by atoms with Crippen LogP contribution in [0.5, 0.6) is 0 Å². The Labute approximate surface area is 229 Å². The molecular weight excluding hydrogens is 615 g/mol. The van der Waals surface area contributed by atoms with Crippen molar-refractivity contribution >= 4 is 52.1 Å². The number of carbonyl (C=O) groups is 1. The van der Waals surface area contributed by atoms with Gasteiger partial charge in [0.2, 0.25) is 5.95 Å². The molecular formula is C18H24N7O13P3. The first-order valence-corrected chi connectivity index (χ1v) is 16.0. The number of phosphoric ester groups is 1. The lowest BCUT2D eigenvalue weighted by atomic mass is 10.1. The zero-order chi connectivity index (χ0) is 30.2. The van der Waals surface area contributed by atoms with Crippen LogP contribution in [-0.2, 0) is 32.0 Å². The molecule has 4 rings (SSSR count). The van der Waals surface area contributed by atoms with Gasteiger partial charge < -0.3 is 40.1 Å². The SMILES string of the molecule is CNc1ccccc1C(=O)OC1CC(n2cnc3c(=O)[nH]c(N)nc32)OC1COP(=O)(O)OP(=O)(O)NP(=O)(O)O. The van der Waals surface area contributed by atoms with Crippen molar-refractivity contribution in [1.29, 1.82) is 0 Å². The molecule has 1 aromatic carbocycles. The van der Waals surface area contributed by atoms with E-state index in [0.29, 0.717) is 5.69 Å². The average molecular weight is 639 g/mol. The number of benzene rings is 1. The number of esters is 1. The number of para-hydroxylation sites is 1. The summed E-state index contributed by atoms with van der Waals surface area (Å²) in [5.74, 6) is -1.03. The van der Waals surface area contributed by atoms with E-state index >= 15 is 0 Å². The molecule has 3 heterocycles. The number of nitrogen functional groups attached to an aromatic ring is 1. The van der Waals surface area contributed by atoms with Crippen molar-refractivity contribution in [1.82, 2.24) is 24.4 Å². The molecule has 0 bridgehead atoms. The van der Waals surface area contributed by atoms with Crippen molar-refractivity contribution in [3.05, 3.63) is 46.5 Å². The molecule has 0 spiro atoms. The highest BCUT2D eigenvalue weighted by atomic mass is 31.3. The van der Waals surface area contributed by atoms with E-state index in [4.69, 9.17) is 29.5 Å². The van der Waals surface area contributed by atoms with Crippen LogP contribution in [0.4, 0.5) is 11.6 Å². The largest absolute Gasteiger partial charge is 0.480 e. The second kappa shape index (κ2) is 11.7. The number of H-pyrrole nitrogens is 1. The number of aromatic nitrogens is 4. The number of hydrogen-bond donors (Lipinski definition) is 8. The molecule has 1 fully saturated rings. The normalized spacial score (nSPS) is 22.2. The van der Waals surface area contributed by atoms with Crippen molar-refractivity contribution in [3.8, 4) is 0 Å². The van der Waals surface area contributed by atoms with E-state index in [2.05, 4.69) is 24.6 Å². The highest BCUT2D eigenvalue weighted by Crippen LogP contribution is 2.61.